The van der Waals surface area contributed by atoms with Crippen molar-refractivity contribution in [2.24, 2.45) is 0 Å². The Hall–Kier alpha value is -2.94. The van der Waals surface area contributed by atoms with Crippen LogP contribution in [0.1, 0.15) is 105 Å². The van der Waals surface area contributed by atoms with Crippen molar-refractivity contribution >= 4 is 21.6 Å². The molecule has 1 aliphatic rings. The molecule has 1 heterocycles. The number of nitrogens with zero attached hydrogens (tertiary/aromatic N) is 1. The van der Waals surface area contributed by atoms with Crippen LogP contribution in [0.2, 0.25) is 5.02 Å². The van der Waals surface area contributed by atoms with E-state index in [2.05, 4.69) is 18.6 Å². The molecule has 4 rings (SSSR count). The molecule has 0 unspecified atom stereocenters. The van der Waals surface area contributed by atoms with E-state index >= 15 is 0 Å². The Morgan fingerprint density at radius 1 is 0.925 bits per heavy atom. The Labute approximate surface area is 242 Å². The van der Waals surface area contributed by atoms with Crippen LogP contribution in [-0.4, -0.2) is 19.4 Å². The van der Waals surface area contributed by atoms with Gasteiger partial charge in [0.05, 0.1) is 4.90 Å². The highest BCUT2D eigenvalue weighted by Crippen LogP contribution is 2.44. The highest BCUT2D eigenvalue weighted by Gasteiger charge is 2.49. The molecule has 3 aromatic carbocycles. The molecular weight excluding hydrogens is 548 g/mol. The van der Waals surface area contributed by atoms with Gasteiger partial charge in [-0.15, -0.1) is 0 Å². The van der Waals surface area contributed by atoms with Crippen molar-refractivity contribution in [2.75, 3.05) is 0 Å². The molecule has 40 heavy (non-hydrogen) atoms. The number of nitro groups is 1. The lowest BCUT2D eigenvalue weighted by Gasteiger charge is -2.35. The van der Waals surface area contributed by atoms with Crippen LogP contribution in [0.25, 0.3) is 0 Å². The van der Waals surface area contributed by atoms with Crippen LogP contribution in [-0.2, 0) is 10.0 Å². The predicted molar refractivity (Wildman–Crippen MR) is 159 cm³/mol. The Morgan fingerprint density at radius 3 is 2.08 bits per heavy atom. The van der Waals surface area contributed by atoms with Gasteiger partial charge in [0.2, 0.25) is 10.0 Å². The first kappa shape index (κ1) is 30.0. The summed E-state index contributed by atoms with van der Waals surface area (Å²) >= 11 is 6.23. The highest BCUT2D eigenvalue weighted by molar-refractivity contribution is 7.89. The number of fused-ring (bicyclic) bond motifs is 1. The van der Waals surface area contributed by atoms with Gasteiger partial charge in [-0.1, -0.05) is 95.1 Å². The summed E-state index contributed by atoms with van der Waals surface area (Å²) in [6.07, 6.45) is -1.06. The topological polar surface area (TPSA) is 98.5 Å². The van der Waals surface area contributed by atoms with Gasteiger partial charge >= 0.3 is 0 Å². The minimum absolute atomic E-state index is 0.0856. The maximum absolute atomic E-state index is 14.4. The zero-order chi connectivity index (χ0) is 29.5. The van der Waals surface area contributed by atoms with E-state index in [4.69, 9.17) is 16.3 Å². The van der Waals surface area contributed by atoms with E-state index in [9.17, 15) is 18.5 Å². The third kappa shape index (κ3) is 5.90. The molecule has 7 nitrogen and oxygen atoms in total. The Kier molecular flexibility index (Phi) is 8.64. The number of ether oxygens (including phenoxy) is 1. The Bertz CT molecular complexity index is 1510. The standard InChI is InChI=1S/C31H37ClN2O5S/c1-17(2)22-15-24(18(3)4)31(25(16-22)19(5)6)40(37,38)33-28-26-13-20(7)11-12-27(26)39-30(29(28)34(35)36)21-9-8-10-23(32)14-21/h8-19,28-30,33H,1-7H3/t28-,29-,30+/m1/s1. The summed E-state index contributed by atoms with van der Waals surface area (Å²) in [6.45, 7) is 13.9. The van der Waals surface area contributed by atoms with Crippen molar-refractivity contribution in [3.8, 4) is 5.75 Å². The van der Waals surface area contributed by atoms with Crippen molar-refractivity contribution in [1.82, 2.24) is 4.72 Å². The number of nitrogens with one attached hydrogen (secondary N) is 1. The van der Waals surface area contributed by atoms with E-state index in [1.165, 1.54) is 0 Å². The number of rotatable bonds is 8. The normalized spacial score (nSPS) is 19.1. The summed E-state index contributed by atoms with van der Waals surface area (Å²) in [5.41, 5.74) is 4.21. The lowest BCUT2D eigenvalue weighted by molar-refractivity contribution is -0.541. The Balaban J connectivity index is 1.93. The molecule has 0 aliphatic carbocycles. The average molecular weight is 585 g/mol. The van der Waals surface area contributed by atoms with Gasteiger partial charge in [0.1, 0.15) is 11.8 Å². The van der Waals surface area contributed by atoms with E-state index in [-0.39, 0.29) is 22.6 Å². The fourth-order valence-corrected chi connectivity index (χ4v) is 7.45. The molecule has 9 heteroatoms. The smallest absolute Gasteiger partial charge is 0.273 e. The first-order valence-corrected chi connectivity index (χ1v) is 15.4. The molecule has 3 aromatic rings. The fourth-order valence-electron chi connectivity index (χ4n) is 5.32. The molecular formula is C31H37ClN2O5S. The number of halogens is 1. The van der Waals surface area contributed by atoms with Gasteiger partial charge in [-0.2, -0.15) is 4.72 Å². The van der Waals surface area contributed by atoms with Crippen LogP contribution < -0.4 is 9.46 Å². The SMILES string of the molecule is Cc1ccc2c(c1)[C@@H](NS(=O)(=O)c1c(C(C)C)cc(C(C)C)cc1C(C)C)[C@@H]([N+](=O)[O-])[C@H](c1cccc(Cl)c1)O2. The molecule has 0 fully saturated rings. The number of aryl methyl sites for hydroxylation is 1. The van der Waals surface area contributed by atoms with E-state index in [0.29, 0.717) is 33.0 Å². The van der Waals surface area contributed by atoms with Crippen molar-refractivity contribution < 1.29 is 18.1 Å². The van der Waals surface area contributed by atoms with Crippen molar-refractivity contribution in [2.45, 2.75) is 89.3 Å². The maximum Gasteiger partial charge on any atom is 0.273 e. The molecule has 214 valence electrons. The number of hydrogen-bond acceptors (Lipinski definition) is 5. The van der Waals surface area contributed by atoms with Crippen LogP contribution in [0.5, 0.6) is 5.75 Å². The summed E-state index contributed by atoms with van der Waals surface area (Å²) in [5.74, 6) is 0.433. The first-order valence-electron chi connectivity index (χ1n) is 13.6. The lowest BCUT2D eigenvalue weighted by Crippen LogP contribution is -2.47. The highest BCUT2D eigenvalue weighted by atomic mass is 35.5. The average Bonchev–Trinajstić information content (AvgIpc) is 2.87. The van der Waals surface area contributed by atoms with Crippen LogP contribution in [0.3, 0.4) is 0 Å². The second-order valence-corrected chi connectivity index (χ2v) is 13.6. The Morgan fingerprint density at radius 2 is 1.55 bits per heavy atom. The monoisotopic (exact) mass is 584 g/mol. The van der Waals surface area contributed by atoms with Gasteiger partial charge in [-0.05, 0) is 59.6 Å². The number of hydrogen-bond donors (Lipinski definition) is 1. The van der Waals surface area contributed by atoms with E-state index in [0.717, 1.165) is 11.1 Å². The van der Waals surface area contributed by atoms with Crippen molar-refractivity contribution in [1.29, 1.82) is 0 Å². The summed E-state index contributed by atoms with van der Waals surface area (Å²) < 4.78 is 37.8. The first-order chi connectivity index (χ1) is 18.7. The van der Waals surface area contributed by atoms with Gasteiger partial charge in [0, 0.05) is 21.1 Å². The minimum atomic E-state index is -4.23. The second-order valence-electron chi connectivity index (χ2n) is 11.5. The molecule has 1 aliphatic heterocycles. The van der Waals surface area contributed by atoms with Crippen LogP contribution in [0, 0.1) is 17.0 Å². The van der Waals surface area contributed by atoms with Gasteiger partial charge in [0.25, 0.3) is 6.04 Å². The van der Waals surface area contributed by atoms with E-state index < -0.39 is 33.1 Å². The van der Waals surface area contributed by atoms with Crippen LogP contribution in [0.4, 0.5) is 0 Å². The van der Waals surface area contributed by atoms with Crippen molar-refractivity contribution in [3.05, 3.63) is 103 Å². The molecule has 0 radical (unpaired) electrons. The maximum atomic E-state index is 14.4. The second kappa shape index (κ2) is 11.5. The quantitative estimate of drug-likeness (QED) is 0.215. The predicted octanol–water partition coefficient (Wildman–Crippen LogP) is 7.82. The lowest BCUT2D eigenvalue weighted by atomic mass is 9.88. The fraction of sp³-hybridized carbons (Fsp3) is 0.419. The van der Waals surface area contributed by atoms with Gasteiger partial charge in [0.15, 0.2) is 6.10 Å². The summed E-state index contributed by atoms with van der Waals surface area (Å²) in [5, 5.41) is 13.1. The van der Waals surface area contributed by atoms with Crippen LogP contribution >= 0.6 is 11.6 Å². The summed E-state index contributed by atoms with van der Waals surface area (Å²) in [7, 11) is -4.23. The molecule has 0 saturated carbocycles. The molecule has 0 aromatic heterocycles. The zero-order valence-corrected chi connectivity index (χ0v) is 25.5. The molecule has 0 amide bonds. The van der Waals surface area contributed by atoms with E-state index in [1.807, 2.05) is 52.8 Å². The minimum Gasteiger partial charge on any atom is -0.478 e. The van der Waals surface area contributed by atoms with Gasteiger partial charge in [-0.25, -0.2) is 8.42 Å². The third-order valence-corrected chi connectivity index (χ3v) is 9.27. The summed E-state index contributed by atoms with van der Waals surface area (Å²) in [6, 6.07) is 13.3. The van der Waals surface area contributed by atoms with Gasteiger partial charge < -0.3 is 4.74 Å². The molecule has 0 spiro atoms. The molecule has 0 saturated heterocycles. The molecule has 3 atom stereocenters. The largest absolute Gasteiger partial charge is 0.478 e. The molecule has 0 bridgehead atoms. The third-order valence-electron chi connectivity index (χ3n) is 7.46. The number of sulfonamides is 1. The van der Waals surface area contributed by atoms with Crippen LogP contribution in [0.15, 0.2) is 59.5 Å². The zero-order valence-electron chi connectivity index (χ0n) is 23.9. The van der Waals surface area contributed by atoms with E-state index in [1.54, 1.807) is 36.4 Å². The van der Waals surface area contributed by atoms with Crippen molar-refractivity contribution in [3.63, 3.8) is 0 Å². The summed E-state index contributed by atoms with van der Waals surface area (Å²) in [4.78, 5) is 12.4. The molecule has 1 N–H and O–H groups in total. The number of benzene rings is 3. The van der Waals surface area contributed by atoms with Gasteiger partial charge in [-0.3, -0.25) is 10.1 Å².